The van der Waals surface area contributed by atoms with Gasteiger partial charge in [-0.25, -0.2) is 4.98 Å². The number of carbonyl (C=O) groups excluding carboxylic acids is 2. The SMILES string of the molecule is CC.CC(C)C(C)NC(=O)CN.CCCN(C=O)Cc1nc(-c2cccc3ccccc23)cs1.CS. The Hall–Kier alpha value is -2.42. The molecule has 0 saturated heterocycles. The van der Waals surface area contributed by atoms with Crippen LogP contribution in [0.25, 0.3) is 22.0 Å². The Morgan fingerprint density at radius 2 is 1.78 bits per heavy atom. The second-order valence-corrected chi connectivity index (χ2v) is 8.98. The molecule has 1 aromatic heterocycles. The van der Waals surface area contributed by atoms with E-state index in [0.717, 1.165) is 35.6 Å². The summed E-state index contributed by atoms with van der Waals surface area (Å²) in [4.78, 5) is 28.2. The molecule has 0 bridgehead atoms. The van der Waals surface area contributed by atoms with Gasteiger partial charge < -0.3 is 16.0 Å². The normalized spacial score (nSPS) is 10.6. The molecule has 3 rings (SSSR count). The Labute approximate surface area is 227 Å². The number of aromatic nitrogens is 1. The maximum atomic E-state index is 11.1. The second kappa shape index (κ2) is 19.7. The zero-order chi connectivity index (χ0) is 27.5. The molecule has 0 aliphatic carbocycles. The van der Waals surface area contributed by atoms with Crippen molar-refractivity contribution in [1.29, 1.82) is 0 Å². The molecule has 8 heteroatoms. The molecular weight excluding hydrogens is 488 g/mol. The first kappa shape index (κ1) is 33.6. The average Bonchev–Trinajstić information content (AvgIpc) is 3.38. The van der Waals surface area contributed by atoms with Gasteiger partial charge in [0.05, 0.1) is 18.8 Å². The zero-order valence-electron chi connectivity index (χ0n) is 22.8. The summed E-state index contributed by atoms with van der Waals surface area (Å²) in [5.74, 6) is 0.386. The number of nitrogens with zero attached hydrogens (tertiary/aromatic N) is 2. The number of hydrogen-bond donors (Lipinski definition) is 3. The lowest BCUT2D eigenvalue weighted by atomic mass is 10.0. The van der Waals surface area contributed by atoms with Gasteiger partial charge in [-0.15, -0.1) is 11.3 Å². The highest BCUT2D eigenvalue weighted by molar-refractivity contribution is 7.79. The Balaban J connectivity index is 0.000000742. The summed E-state index contributed by atoms with van der Waals surface area (Å²) in [6.45, 7) is 13.6. The van der Waals surface area contributed by atoms with Gasteiger partial charge in [-0.1, -0.05) is 77.1 Å². The molecule has 36 heavy (non-hydrogen) atoms. The maximum Gasteiger partial charge on any atom is 0.233 e. The van der Waals surface area contributed by atoms with Crippen molar-refractivity contribution in [2.24, 2.45) is 11.7 Å². The third kappa shape index (κ3) is 11.5. The fraction of sp³-hybridized carbons (Fsp3) is 0.464. The monoisotopic (exact) mass is 532 g/mol. The van der Waals surface area contributed by atoms with E-state index in [4.69, 9.17) is 10.7 Å². The number of nitrogens with one attached hydrogen (secondary N) is 1. The van der Waals surface area contributed by atoms with Gasteiger partial charge in [-0.3, -0.25) is 9.59 Å². The van der Waals surface area contributed by atoms with Gasteiger partial charge in [-0.2, -0.15) is 12.6 Å². The highest BCUT2D eigenvalue weighted by Crippen LogP contribution is 2.29. The number of carbonyl (C=O) groups is 2. The third-order valence-corrected chi connectivity index (χ3v) is 6.02. The molecule has 2 aromatic carbocycles. The summed E-state index contributed by atoms with van der Waals surface area (Å²) >= 11 is 5.14. The van der Waals surface area contributed by atoms with Crippen LogP contribution in [-0.2, 0) is 16.1 Å². The van der Waals surface area contributed by atoms with Crippen LogP contribution in [0.2, 0.25) is 0 Å². The number of nitrogens with two attached hydrogens (primary N) is 1. The zero-order valence-corrected chi connectivity index (χ0v) is 24.5. The molecule has 1 heterocycles. The number of thiol groups is 1. The van der Waals surface area contributed by atoms with Crippen molar-refractivity contribution in [2.75, 3.05) is 19.3 Å². The Bertz CT molecular complexity index is 1000. The van der Waals surface area contributed by atoms with Crippen molar-refractivity contribution in [2.45, 2.75) is 60.5 Å². The van der Waals surface area contributed by atoms with Gasteiger partial charge in [0, 0.05) is 23.5 Å². The van der Waals surface area contributed by atoms with Gasteiger partial charge in [0.1, 0.15) is 5.01 Å². The van der Waals surface area contributed by atoms with E-state index in [1.807, 2.05) is 26.8 Å². The standard InChI is InChI=1S/C18H18N2OS.C7H16N2O.C2H6.CH4S/c1-2-10-20(13-21)11-18-19-17(12-22-18)16-9-5-7-14-6-3-4-8-15(14)16;1-5(2)6(3)9-7(10)4-8;2*1-2/h3-9,12-13H,2,10-11H2,1H3;5-6H,4,8H2,1-3H3,(H,9,10);1-2H3;2H,1H3. The van der Waals surface area contributed by atoms with Crippen molar-refractivity contribution in [3.05, 3.63) is 52.9 Å². The van der Waals surface area contributed by atoms with E-state index in [9.17, 15) is 9.59 Å². The van der Waals surface area contributed by atoms with Crippen LogP contribution in [0.3, 0.4) is 0 Å². The quantitative estimate of drug-likeness (QED) is 0.233. The van der Waals surface area contributed by atoms with Crippen LogP contribution in [0.5, 0.6) is 0 Å². The Kier molecular flexibility index (Phi) is 18.4. The van der Waals surface area contributed by atoms with Crippen molar-refractivity contribution in [1.82, 2.24) is 15.2 Å². The van der Waals surface area contributed by atoms with E-state index in [1.54, 1.807) is 22.5 Å². The highest BCUT2D eigenvalue weighted by atomic mass is 32.1. The lowest BCUT2D eigenvalue weighted by Crippen LogP contribution is -2.39. The summed E-state index contributed by atoms with van der Waals surface area (Å²) in [5, 5.41) is 8.24. The van der Waals surface area contributed by atoms with Crippen molar-refractivity contribution < 1.29 is 9.59 Å². The average molecular weight is 533 g/mol. The number of amides is 2. The van der Waals surface area contributed by atoms with Crippen LogP contribution in [-0.4, -0.2) is 47.6 Å². The summed E-state index contributed by atoms with van der Waals surface area (Å²) < 4.78 is 0. The minimum Gasteiger partial charge on any atom is -0.352 e. The fourth-order valence-electron chi connectivity index (χ4n) is 3.07. The maximum absolute atomic E-state index is 11.1. The molecule has 0 fully saturated rings. The molecule has 1 atom stereocenters. The van der Waals surface area contributed by atoms with Crippen LogP contribution in [0.4, 0.5) is 0 Å². The number of rotatable bonds is 9. The van der Waals surface area contributed by atoms with E-state index in [0.29, 0.717) is 12.5 Å². The first-order chi connectivity index (χ1) is 17.4. The van der Waals surface area contributed by atoms with Gasteiger partial charge in [0.2, 0.25) is 12.3 Å². The molecule has 1 unspecified atom stereocenters. The number of hydrogen-bond acceptors (Lipinski definition) is 6. The molecule has 200 valence electrons. The fourth-order valence-corrected chi connectivity index (χ4v) is 3.88. The van der Waals surface area contributed by atoms with Gasteiger partial charge in [0.25, 0.3) is 0 Å². The molecule has 0 spiro atoms. The number of benzene rings is 2. The second-order valence-electron chi connectivity index (χ2n) is 8.03. The van der Waals surface area contributed by atoms with E-state index in [-0.39, 0.29) is 18.5 Å². The Morgan fingerprint density at radius 1 is 1.14 bits per heavy atom. The minimum atomic E-state index is -0.0822. The molecule has 3 aromatic rings. The predicted octanol–water partition coefficient (Wildman–Crippen LogP) is 6.01. The van der Waals surface area contributed by atoms with E-state index in [2.05, 4.69) is 80.5 Å². The molecule has 6 nitrogen and oxygen atoms in total. The van der Waals surface area contributed by atoms with Crippen LogP contribution >= 0.6 is 24.0 Å². The van der Waals surface area contributed by atoms with E-state index >= 15 is 0 Å². The van der Waals surface area contributed by atoms with Crippen LogP contribution in [0.1, 0.15) is 53.0 Å². The van der Waals surface area contributed by atoms with Crippen LogP contribution in [0, 0.1) is 5.92 Å². The summed E-state index contributed by atoms with van der Waals surface area (Å²) in [6.07, 6.45) is 3.56. The molecule has 2 amide bonds. The first-order valence-electron chi connectivity index (χ1n) is 12.5. The minimum absolute atomic E-state index is 0.0804. The van der Waals surface area contributed by atoms with Crippen molar-refractivity contribution in [3.63, 3.8) is 0 Å². The summed E-state index contributed by atoms with van der Waals surface area (Å²) in [7, 11) is 0. The predicted molar refractivity (Wildman–Crippen MR) is 160 cm³/mol. The lowest BCUT2D eigenvalue weighted by molar-refractivity contribution is -0.120. The van der Waals surface area contributed by atoms with Crippen LogP contribution < -0.4 is 11.1 Å². The first-order valence-corrected chi connectivity index (χ1v) is 14.2. The highest BCUT2D eigenvalue weighted by Gasteiger charge is 2.10. The van der Waals surface area contributed by atoms with Gasteiger partial charge >= 0.3 is 0 Å². The van der Waals surface area contributed by atoms with Crippen LogP contribution in [0.15, 0.2) is 47.8 Å². The smallest absolute Gasteiger partial charge is 0.233 e. The molecule has 0 saturated carbocycles. The largest absolute Gasteiger partial charge is 0.352 e. The van der Waals surface area contributed by atoms with Gasteiger partial charge in [0.15, 0.2) is 0 Å². The molecule has 0 aliphatic rings. The van der Waals surface area contributed by atoms with Gasteiger partial charge in [-0.05, 0) is 36.3 Å². The van der Waals surface area contributed by atoms with Crippen molar-refractivity contribution in [3.8, 4) is 11.3 Å². The Morgan fingerprint density at radius 3 is 2.36 bits per heavy atom. The topological polar surface area (TPSA) is 88.3 Å². The number of thiazole rings is 1. The van der Waals surface area contributed by atoms with Crippen molar-refractivity contribution >= 4 is 47.1 Å². The van der Waals surface area contributed by atoms with E-state index < -0.39 is 0 Å². The van der Waals surface area contributed by atoms with E-state index in [1.165, 1.54) is 10.8 Å². The lowest BCUT2D eigenvalue weighted by Gasteiger charge is -2.16. The summed E-state index contributed by atoms with van der Waals surface area (Å²) in [6, 6.07) is 14.8. The molecule has 0 aliphatic heterocycles. The summed E-state index contributed by atoms with van der Waals surface area (Å²) in [5.41, 5.74) is 7.24. The third-order valence-electron chi connectivity index (χ3n) is 5.19. The number of fused-ring (bicyclic) bond motifs is 1. The molecule has 0 radical (unpaired) electrons. The molecular formula is C28H44N4O2S2. The molecule has 3 N–H and O–H groups in total.